The molecule has 1 heterocycles. The lowest BCUT2D eigenvalue weighted by molar-refractivity contribution is 0.0907. The van der Waals surface area contributed by atoms with Crippen LogP contribution in [0.2, 0.25) is 0 Å². The summed E-state index contributed by atoms with van der Waals surface area (Å²) in [6, 6.07) is 4.03. The average Bonchev–Trinajstić information content (AvgIpc) is 2.50. The van der Waals surface area contributed by atoms with Crippen molar-refractivity contribution >= 4 is 11.3 Å². The largest absolute Gasteiger partial charge is 0.376 e. The van der Waals surface area contributed by atoms with E-state index < -0.39 is 0 Å². The summed E-state index contributed by atoms with van der Waals surface area (Å²) in [5, 5.41) is 12.0. The molecule has 0 fully saturated rings. The summed E-state index contributed by atoms with van der Waals surface area (Å²) >= 11 is 1.68. The Labute approximate surface area is 70.4 Å². The maximum atomic E-state index is 10.0. The maximum absolute atomic E-state index is 10.0. The highest BCUT2D eigenvalue weighted by Crippen LogP contribution is 2.09. The molecule has 3 heteroatoms. The first kappa shape index (κ1) is 8.71. The van der Waals surface area contributed by atoms with Gasteiger partial charge in [-0.15, -0.1) is 11.3 Å². The molecule has 0 bridgehead atoms. The zero-order valence-electron chi connectivity index (χ0n) is 6.29. The average molecular weight is 171 g/mol. The second-order valence-corrected chi connectivity index (χ2v) is 3.22. The fraction of sp³-hybridized carbons (Fsp3) is 0.500. The van der Waals surface area contributed by atoms with Crippen LogP contribution < -0.4 is 0 Å². The van der Waals surface area contributed by atoms with Gasteiger partial charge in [0, 0.05) is 11.5 Å². The van der Waals surface area contributed by atoms with Gasteiger partial charge < -0.3 is 4.74 Å². The molecule has 0 aromatic carbocycles. The van der Waals surface area contributed by atoms with Crippen LogP contribution in [0.1, 0.15) is 11.3 Å². The van der Waals surface area contributed by atoms with E-state index in [0.29, 0.717) is 19.6 Å². The molecule has 0 aliphatic rings. The van der Waals surface area contributed by atoms with Gasteiger partial charge in [0.25, 0.3) is 0 Å². The van der Waals surface area contributed by atoms with Crippen LogP contribution >= 0.6 is 11.3 Å². The molecule has 0 saturated carbocycles. The molecular weight excluding hydrogens is 160 g/mol. The zero-order valence-corrected chi connectivity index (χ0v) is 7.10. The maximum Gasteiger partial charge on any atom is 0.0844 e. The van der Waals surface area contributed by atoms with Crippen LogP contribution in [0, 0.1) is 0 Å². The first-order valence-electron chi connectivity index (χ1n) is 3.61. The lowest BCUT2D eigenvalue weighted by Crippen LogP contribution is -1.95. The molecule has 1 radical (unpaired) electrons. The van der Waals surface area contributed by atoms with Gasteiger partial charge in [-0.05, 0) is 17.9 Å². The Kier molecular flexibility index (Phi) is 4.19. The molecule has 0 saturated heterocycles. The van der Waals surface area contributed by atoms with Crippen LogP contribution in [-0.2, 0) is 16.5 Å². The van der Waals surface area contributed by atoms with E-state index in [0.717, 1.165) is 0 Å². The van der Waals surface area contributed by atoms with Gasteiger partial charge in [-0.25, -0.2) is 5.11 Å². The second-order valence-electron chi connectivity index (χ2n) is 2.19. The molecule has 0 aliphatic carbocycles. The highest BCUT2D eigenvalue weighted by atomic mass is 32.1. The molecule has 0 unspecified atom stereocenters. The van der Waals surface area contributed by atoms with E-state index in [4.69, 9.17) is 4.74 Å². The van der Waals surface area contributed by atoms with E-state index in [9.17, 15) is 5.11 Å². The quantitative estimate of drug-likeness (QED) is 0.624. The minimum absolute atomic E-state index is 0.0373. The van der Waals surface area contributed by atoms with Gasteiger partial charge in [0.1, 0.15) is 0 Å². The molecule has 1 aromatic rings. The van der Waals surface area contributed by atoms with Gasteiger partial charge in [-0.1, -0.05) is 6.07 Å². The summed E-state index contributed by atoms with van der Waals surface area (Å²) in [6.45, 7) is 1.20. The van der Waals surface area contributed by atoms with E-state index in [-0.39, 0.29) is 6.61 Å². The summed E-state index contributed by atoms with van der Waals surface area (Å²) in [6.07, 6.45) is 0.616. The fourth-order valence-corrected chi connectivity index (χ4v) is 1.37. The highest BCUT2D eigenvalue weighted by Gasteiger charge is 1.92. The Morgan fingerprint density at radius 1 is 1.55 bits per heavy atom. The number of hydrogen-bond donors (Lipinski definition) is 0. The minimum Gasteiger partial charge on any atom is -0.376 e. The Hall–Kier alpha value is -0.380. The van der Waals surface area contributed by atoms with Crippen LogP contribution in [0.3, 0.4) is 0 Å². The first-order valence-corrected chi connectivity index (χ1v) is 4.49. The smallest absolute Gasteiger partial charge is 0.0844 e. The van der Waals surface area contributed by atoms with E-state index in [1.165, 1.54) is 4.88 Å². The molecule has 2 nitrogen and oxygen atoms in total. The lowest BCUT2D eigenvalue weighted by Gasteiger charge is -1.98. The third-order valence-corrected chi connectivity index (χ3v) is 2.11. The fourth-order valence-electron chi connectivity index (χ4n) is 0.728. The third-order valence-electron chi connectivity index (χ3n) is 1.26. The molecular formula is C8H11O2S. The van der Waals surface area contributed by atoms with Gasteiger partial charge >= 0.3 is 0 Å². The van der Waals surface area contributed by atoms with Crippen molar-refractivity contribution in [2.45, 2.75) is 13.0 Å². The molecule has 0 N–H and O–H groups in total. The van der Waals surface area contributed by atoms with Crippen LogP contribution in [-0.4, -0.2) is 13.2 Å². The normalized spacial score (nSPS) is 10.3. The second kappa shape index (κ2) is 5.29. The van der Waals surface area contributed by atoms with E-state index in [1.54, 1.807) is 11.3 Å². The Balaban J connectivity index is 2.04. The molecule has 1 rings (SSSR count). The SMILES string of the molecule is [O]CCCOCc1cccs1. The van der Waals surface area contributed by atoms with Crippen molar-refractivity contribution in [1.82, 2.24) is 0 Å². The number of hydrogen-bond acceptors (Lipinski definition) is 2. The molecule has 0 aliphatic heterocycles. The van der Waals surface area contributed by atoms with Crippen molar-refractivity contribution in [2.24, 2.45) is 0 Å². The van der Waals surface area contributed by atoms with E-state index >= 15 is 0 Å². The van der Waals surface area contributed by atoms with Crippen molar-refractivity contribution in [3.63, 3.8) is 0 Å². The molecule has 61 valence electrons. The molecule has 0 spiro atoms. The van der Waals surface area contributed by atoms with Crippen molar-refractivity contribution in [3.8, 4) is 0 Å². The highest BCUT2D eigenvalue weighted by molar-refractivity contribution is 7.09. The van der Waals surface area contributed by atoms with Crippen molar-refractivity contribution in [1.29, 1.82) is 0 Å². The van der Waals surface area contributed by atoms with E-state index in [1.807, 2.05) is 17.5 Å². The predicted molar refractivity (Wildman–Crippen MR) is 44.1 cm³/mol. The minimum atomic E-state index is -0.0373. The van der Waals surface area contributed by atoms with Crippen LogP contribution in [0.4, 0.5) is 0 Å². The van der Waals surface area contributed by atoms with Gasteiger partial charge in [0.15, 0.2) is 0 Å². The number of thiophene rings is 1. The topological polar surface area (TPSA) is 29.1 Å². The van der Waals surface area contributed by atoms with Gasteiger partial charge in [-0.3, -0.25) is 0 Å². The summed E-state index contributed by atoms with van der Waals surface area (Å²) < 4.78 is 5.23. The van der Waals surface area contributed by atoms with Crippen LogP contribution in [0.25, 0.3) is 0 Å². The summed E-state index contributed by atoms with van der Waals surface area (Å²) in [5.74, 6) is 0. The Bertz CT molecular complexity index is 172. The predicted octanol–water partition coefficient (Wildman–Crippen LogP) is 2.09. The molecule has 0 amide bonds. The van der Waals surface area contributed by atoms with E-state index in [2.05, 4.69) is 0 Å². The van der Waals surface area contributed by atoms with Crippen molar-refractivity contribution < 1.29 is 9.84 Å². The third kappa shape index (κ3) is 3.51. The number of rotatable bonds is 5. The summed E-state index contributed by atoms with van der Waals surface area (Å²) in [7, 11) is 0. The van der Waals surface area contributed by atoms with Crippen molar-refractivity contribution in [2.75, 3.05) is 13.2 Å². The lowest BCUT2D eigenvalue weighted by atomic mass is 10.5. The van der Waals surface area contributed by atoms with Gasteiger partial charge in [0.2, 0.25) is 0 Å². The molecule has 11 heavy (non-hydrogen) atoms. The van der Waals surface area contributed by atoms with Gasteiger partial charge in [0.05, 0.1) is 13.2 Å². The standard InChI is InChI=1S/C8H11O2S/c9-4-2-5-10-7-8-3-1-6-11-8/h1,3,6H,2,4-5,7H2. The summed E-state index contributed by atoms with van der Waals surface area (Å²) in [5.41, 5.74) is 0. The number of ether oxygens (including phenoxy) is 1. The Morgan fingerprint density at radius 3 is 3.09 bits per heavy atom. The van der Waals surface area contributed by atoms with Crippen molar-refractivity contribution in [3.05, 3.63) is 22.4 Å². The zero-order chi connectivity index (χ0) is 7.94. The molecule has 0 atom stereocenters. The summed E-state index contributed by atoms with van der Waals surface area (Å²) in [4.78, 5) is 1.22. The van der Waals surface area contributed by atoms with Crippen LogP contribution in [0.15, 0.2) is 17.5 Å². The van der Waals surface area contributed by atoms with Crippen LogP contribution in [0.5, 0.6) is 0 Å². The van der Waals surface area contributed by atoms with Gasteiger partial charge in [-0.2, -0.15) is 0 Å². The monoisotopic (exact) mass is 171 g/mol. The first-order chi connectivity index (χ1) is 5.43. The molecule has 1 aromatic heterocycles. The Morgan fingerprint density at radius 2 is 2.45 bits per heavy atom.